The average molecular weight is 360 g/mol. The topological polar surface area (TPSA) is 84.9 Å². The van der Waals surface area contributed by atoms with E-state index in [0.717, 1.165) is 0 Å². The van der Waals surface area contributed by atoms with Crippen LogP contribution in [0, 0.1) is 5.92 Å². The second kappa shape index (κ2) is 7.31. The number of carbonyl (C=O) groups excluding carboxylic acids is 1. The zero-order chi connectivity index (χ0) is 16.2. The van der Waals surface area contributed by atoms with Crippen LogP contribution in [0.1, 0.15) is 24.2 Å². The number of ether oxygens (including phenoxy) is 2. The molecule has 1 aromatic rings. The molecular weight excluding hydrogens is 342 g/mol. The highest BCUT2D eigenvalue weighted by molar-refractivity contribution is 9.10. The van der Waals surface area contributed by atoms with Gasteiger partial charge in [-0.2, -0.15) is 0 Å². The second-order valence-corrected chi connectivity index (χ2v) is 5.57. The molecule has 21 heavy (non-hydrogen) atoms. The van der Waals surface area contributed by atoms with Gasteiger partial charge in [-0.3, -0.25) is 4.79 Å². The number of carboxylic acid groups (broad SMARTS) is 1. The minimum absolute atomic E-state index is 0.231. The van der Waals surface area contributed by atoms with Gasteiger partial charge in [0, 0.05) is 4.47 Å². The zero-order valence-corrected chi connectivity index (χ0v) is 13.9. The number of methoxy groups -OCH3 is 2. The van der Waals surface area contributed by atoms with Crippen molar-refractivity contribution in [1.29, 1.82) is 0 Å². The highest BCUT2D eigenvalue weighted by atomic mass is 79.9. The molecule has 0 heterocycles. The Morgan fingerprint density at radius 1 is 1.19 bits per heavy atom. The van der Waals surface area contributed by atoms with Crippen molar-refractivity contribution in [1.82, 2.24) is 5.32 Å². The molecule has 116 valence electrons. The number of carbonyl (C=O) groups is 2. The molecule has 1 amide bonds. The van der Waals surface area contributed by atoms with Crippen molar-refractivity contribution in [2.45, 2.75) is 19.9 Å². The van der Waals surface area contributed by atoms with Crippen LogP contribution in [0.15, 0.2) is 16.6 Å². The number of amides is 1. The van der Waals surface area contributed by atoms with Crippen LogP contribution >= 0.6 is 15.9 Å². The number of hydrogen-bond acceptors (Lipinski definition) is 4. The lowest BCUT2D eigenvalue weighted by molar-refractivity contribution is -0.140. The normalized spacial score (nSPS) is 11.9. The predicted octanol–water partition coefficient (Wildman–Crippen LogP) is 2.31. The minimum atomic E-state index is -1.07. The van der Waals surface area contributed by atoms with Crippen LogP contribution in [0.4, 0.5) is 0 Å². The molecule has 0 saturated carbocycles. The molecule has 7 heteroatoms. The van der Waals surface area contributed by atoms with Crippen molar-refractivity contribution in [2.24, 2.45) is 5.92 Å². The first-order chi connectivity index (χ1) is 9.81. The Balaban J connectivity index is 3.10. The molecule has 0 radical (unpaired) electrons. The largest absolute Gasteiger partial charge is 0.493 e. The molecule has 0 aliphatic heterocycles. The Bertz CT molecular complexity index is 544. The molecule has 0 bridgehead atoms. The first kappa shape index (κ1) is 17.3. The molecule has 0 saturated heterocycles. The lowest BCUT2D eigenvalue weighted by Crippen LogP contribution is -2.44. The fourth-order valence-electron chi connectivity index (χ4n) is 1.76. The number of carboxylic acids is 1. The standard InChI is InChI=1S/C14H18BrNO5/c1-7(2)12(14(18)19)16-13(17)8-5-10(20-3)11(21-4)6-9(8)15/h5-7,12H,1-4H3,(H,16,17)(H,18,19)/t12-/m1/s1. The maximum atomic E-state index is 12.3. The summed E-state index contributed by atoms with van der Waals surface area (Å²) in [5, 5.41) is 11.6. The van der Waals surface area contributed by atoms with Gasteiger partial charge in [0.15, 0.2) is 11.5 Å². The smallest absolute Gasteiger partial charge is 0.326 e. The van der Waals surface area contributed by atoms with E-state index in [2.05, 4.69) is 21.2 Å². The van der Waals surface area contributed by atoms with Crippen molar-refractivity contribution >= 4 is 27.8 Å². The lowest BCUT2D eigenvalue weighted by atomic mass is 10.0. The van der Waals surface area contributed by atoms with Gasteiger partial charge in [-0.25, -0.2) is 4.79 Å². The van der Waals surface area contributed by atoms with E-state index in [9.17, 15) is 9.59 Å². The maximum absolute atomic E-state index is 12.3. The van der Waals surface area contributed by atoms with E-state index in [1.54, 1.807) is 19.9 Å². The van der Waals surface area contributed by atoms with E-state index in [1.165, 1.54) is 20.3 Å². The third kappa shape index (κ3) is 4.10. The summed E-state index contributed by atoms with van der Waals surface area (Å²) in [5.74, 6) is -0.939. The maximum Gasteiger partial charge on any atom is 0.326 e. The van der Waals surface area contributed by atoms with Crippen molar-refractivity contribution in [2.75, 3.05) is 14.2 Å². The first-order valence-corrected chi connectivity index (χ1v) is 7.06. The van der Waals surface area contributed by atoms with Gasteiger partial charge in [-0.05, 0) is 34.0 Å². The highest BCUT2D eigenvalue weighted by Gasteiger charge is 2.25. The Labute approximate surface area is 131 Å². The fraction of sp³-hybridized carbons (Fsp3) is 0.429. The fourth-order valence-corrected chi connectivity index (χ4v) is 2.26. The minimum Gasteiger partial charge on any atom is -0.493 e. The van der Waals surface area contributed by atoms with E-state index in [-0.39, 0.29) is 11.5 Å². The molecule has 0 aliphatic rings. The van der Waals surface area contributed by atoms with E-state index in [1.807, 2.05) is 0 Å². The van der Waals surface area contributed by atoms with E-state index < -0.39 is 17.9 Å². The van der Waals surface area contributed by atoms with Crippen molar-refractivity contribution in [3.63, 3.8) is 0 Å². The van der Waals surface area contributed by atoms with Crippen LogP contribution in [0.2, 0.25) is 0 Å². The highest BCUT2D eigenvalue weighted by Crippen LogP contribution is 2.33. The molecule has 0 aliphatic carbocycles. The van der Waals surface area contributed by atoms with Gasteiger partial charge < -0.3 is 19.9 Å². The number of rotatable bonds is 6. The molecule has 0 spiro atoms. The molecular formula is C14H18BrNO5. The summed E-state index contributed by atoms with van der Waals surface area (Å²) >= 11 is 3.27. The quantitative estimate of drug-likeness (QED) is 0.813. The molecule has 0 aromatic heterocycles. The van der Waals surface area contributed by atoms with Gasteiger partial charge in [0.1, 0.15) is 6.04 Å². The van der Waals surface area contributed by atoms with Gasteiger partial charge in [0.05, 0.1) is 19.8 Å². The number of halogens is 1. The first-order valence-electron chi connectivity index (χ1n) is 6.27. The van der Waals surface area contributed by atoms with Crippen LogP contribution in [0.5, 0.6) is 11.5 Å². The van der Waals surface area contributed by atoms with Gasteiger partial charge >= 0.3 is 5.97 Å². The van der Waals surface area contributed by atoms with Crippen molar-refractivity contribution in [3.8, 4) is 11.5 Å². The summed E-state index contributed by atoms with van der Waals surface area (Å²) in [6, 6.07) is 2.13. The molecule has 1 aromatic carbocycles. The summed E-state index contributed by atoms with van der Waals surface area (Å²) in [7, 11) is 2.95. The summed E-state index contributed by atoms with van der Waals surface area (Å²) in [4.78, 5) is 23.4. The Morgan fingerprint density at radius 3 is 2.14 bits per heavy atom. The lowest BCUT2D eigenvalue weighted by Gasteiger charge is -2.19. The SMILES string of the molecule is COc1cc(Br)c(C(=O)N[C@@H](C(=O)O)C(C)C)cc1OC. The van der Waals surface area contributed by atoms with Crippen molar-refractivity contribution < 1.29 is 24.2 Å². The zero-order valence-electron chi connectivity index (χ0n) is 12.3. The average Bonchev–Trinajstić information content (AvgIpc) is 2.43. The second-order valence-electron chi connectivity index (χ2n) is 4.72. The number of nitrogens with one attached hydrogen (secondary N) is 1. The number of aliphatic carboxylic acids is 1. The monoisotopic (exact) mass is 359 g/mol. The Kier molecular flexibility index (Phi) is 6.02. The third-order valence-electron chi connectivity index (χ3n) is 2.94. The van der Waals surface area contributed by atoms with Gasteiger partial charge in [0.2, 0.25) is 0 Å². The summed E-state index contributed by atoms with van der Waals surface area (Å²) < 4.78 is 10.8. The van der Waals surface area contributed by atoms with E-state index in [0.29, 0.717) is 16.0 Å². The predicted molar refractivity (Wildman–Crippen MR) is 81.0 cm³/mol. The molecule has 1 rings (SSSR count). The number of hydrogen-bond donors (Lipinski definition) is 2. The van der Waals surface area contributed by atoms with Crippen molar-refractivity contribution in [3.05, 3.63) is 22.2 Å². The van der Waals surface area contributed by atoms with Gasteiger partial charge in [-0.15, -0.1) is 0 Å². The summed E-state index contributed by atoms with van der Waals surface area (Å²) in [6.45, 7) is 3.45. The molecule has 0 fully saturated rings. The molecule has 6 nitrogen and oxygen atoms in total. The van der Waals surface area contributed by atoms with Gasteiger partial charge in [0.25, 0.3) is 5.91 Å². The molecule has 1 atom stereocenters. The summed E-state index contributed by atoms with van der Waals surface area (Å²) in [5.41, 5.74) is 0.277. The third-order valence-corrected chi connectivity index (χ3v) is 3.59. The van der Waals surface area contributed by atoms with Crippen LogP contribution in [0.25, 0.3) is 0 Å². The Morgan fingerprint density at radius 2 is 1.71 bits per heavy atom. The van der Waals surface area contributed by atoms with E-state index in [4.69, 9.17) is 14.6 Å². The van der Waals surface area contributed by atoms with E-state index >= 15 is 0 Å². The van der Waals surface area contributed by atoms with Gasteiger partial charge in [-0.1, -0.05) is 13.8 Å². The van der Waals surface area contributed by atoms with Crippen LogP contribution in [0.3, 0.4) is 0 Å². The summed E-state index contributed by atoms with van der Waals surface area (Å²) in [6.07, 6.45) is 0. The van der Waals surface area contributed by atoms with Crippen LogP contribution < -0.4 is 14.8 Å². The van der Waals surface area contributed by atoms with Crippen LogP contribution in [-0.2, 0) is 4.79 Å². The Hall–Kier alpha value is -1.76. The molecule has 2 N–H and O–H groups in total. The van der Waals surface area contributed by atoms with Crippen LogP contribution in [-0.4, -0.2) is 37.2 Å². The molecule has 0 unspecified atom stereocenters. The number of benzene rings is 1.